The molecular formula is C17H16ClNO8S. The number of esters is 1. The van der Waals surface area contributed by atoms with Crippen molar-refractivity contribution in [3.05, 3.63) is 27.6 Å². The number of aliphatic carboxylic acids is 1. The molecule has 1 fully saturated rings. The highest BCUT2D eigenvalue weighted by Gasteiger charge is 2.36. The number of hydrogen-bond acceptors (Lipinski definition) is 8. The first-order valence-electron chi connectivity index (χ1n) is 7.90. The first kappa shape index (κ1) is 21.6. The summed E-state index contributed by atoms with van der Waals surface area (Å²) in [6, 6.07) is 2.98. The summed E-state index contributed by atoms with van der Waals surface area (Å²) in [6.07, 6.45) is 1.39. The second kappa shape index (κ2) is 9.47. The number of ether oxygens (including phenoxy) is 3. The van der Waals surface area contributed by atoms with E-state index in [2.05, 4.69) is 4.74 Å². The summed E-state index contributed by atoms with van der Waals surface area (Å²) in [6.45, 7) is 0.933. The molecule has 11 heteroatoms. The van der Waals surface area contributed by atoms with Gasteiger partial charge < -0.3 is 19.3 Å². The van der Waals surface area contributed by atoms with Gasteiger partial charge in [-0.1, -0.05) is 11.6 Å². The van der Waals surface area contributed by atoms with Gasteiger partial charge in [0.15, 0.2) is 18.1 Å². The highest BCUT2D eigenvalue weighted by atomic mass is 35.5. The van der Waals surface area contributed by atoms with Crippen molar-refractivity contribution in [1.82, 2.24) is 4.90 Å². The zero-order valence-electron chi connectivity index (χ0n) is 14.9. The van der Waals surface area contributed by atoms with Gasteiger partial charge in [-0.3, -0.25) is 19.3 Å². The summed E-state index contributed by atoms with van der Waals surface area (Å²) < 4.78 is 15.3. The molecule has 0 unspecified atom stereocenters. The van der Waals surface area contributed by atoms with Gasteiger partial charge in [0.05, 0.1) is 23.6 Å². The van der Waals surface area contributed by atoms with Crippen LogP contribution in [0.15, 0.2) is 17.0 Å². The van der Waals surface area contributed by atoms with Crippen LogP contribution >= 0.6 is 23.4 Å². The van der Waals surface area contributed by atoms with E-state index in [0.29, 0.717) is 22.2 Å². The highest BCUT2D eigenvalue weighted by molar-refractivity contribution is 8.18. The van der Waals surface area contributed by atoms with Crippen LogP contribution in [0.5, 0.6) is 11.5 Å². The van der Waals surface area contributed by atoms with Crippen molar-refractivity contribution in [3.63, 3.8) is 0 Å². The Morgan fingerprint density at radius 2 is 2.00 bits per heavy atom. The van der Waals surface area contributed by atoms with Crippen LogP contribution in [0.2, 0.25) is 5.02 Å². The molecule has 28 heavy (non-hydrogen) atoms. The molecule has 2 amide bonds. The quantitative estimate of drug-likeness (QED) is 0.490. The molecule has 9 nitrogen and oxygen atoms in total. The minimum atomic E-state index is -1.29. The first-order chi connectivity index (χ1) is 13.3. The number of rotatable bonds is 8. The number of nitrogens with zero attached hydrogens (tertiary/aromatic N) is 1. The third-order valence-corrected chi connectivity index (χ3v) is 4.55. The molecule has 0 aliphatic carbocycles. The van der Waals surface area contributed by atoms with E-state index in [1.165, 1.54) is 25.3 Å². The molecule has 1 aromatic rings. The van der Waals surface area contributed by atoms with Gasteiger partial charge in [0.25, 0.3) is 11.1 Å². The van der Waals surface area contributed by atoms with Gasteiger partial charge in [0, 0.05) is 0 Å². The predicted molar refractivity (Wildman–Crippen MR) is 100 cm³/mol. The largest absolute Gasteiger partial charge is 0.490 e. The van der Waals surface area contributed by atoms with E-state index in [-0.39, 0.29) is 34.6 Å². The molecule has 1 saturated heterocycles. The van der Waals surface area contributed by atoms with Crippen LogP contribution in [-0.4, -0.2) is 60.0 Å². The first-order valence-corrected chi connectivity index (χ1v) is 9.09. The minimum Gasteiger partial charge on any atom is -0.490 e. The van der Waals surface area contributed by atoms with Gasteiger partial charge in [-0.2, -0.15) is 0 Å². The van der Waals surface area contributed by atoms with Gasteiger partial charge in [-0.05, 0) is 42.5 Å². The van der Waals surface area contributed by atoms with Crippen molar-refractivity contribution in [2.75, 3.05) is 26.9 Å². The fourth-order valence-electron chi connectivity index (χ4n) is 2.19. The molecule has 1 heterocycles. The molecule has 1 N–H and O–H groups in total. The van der Waals surface area contributed by atoms with Crippen molar-refractivity contribution >= 4 is 52.5 Å². The van der Waals surface area contributed by atoms with Gasteiger partial charge in [0.2, 0.25) is 0 Å². The van der Waals surface area contributed by atoms with Crippen LogP contribution < -0.4 is 9.47 Å². The third kappa shape index (κ3) is 5.17. The summed E-state index contributed by atoms with van der Waals surface area (Å²) in [5.74, 6) is -2.25. The monoisotopic (exact) mass is 429 g/mol. The molecule has 1 aromatic carbocycles. The van der Waals surface area contributed by atoms with Crippen molar-refractivity contribution in [2.45, 2.75) is 6.92 Å². The molecule has 1 aliphatic rings. The van der Waals surface area contributed by atoms with Crippen molar-refractivity contribution in [1.29, 1.82) is 0 Å². The summed E-state index contributed by atoms with van der Waals surface area (Å²) >= 11 is 6.84. The summed E-state index contributed by atoms with van der Waals surface area (Å²) in [5.41, 5.74) is 0.430. The summed E-state index contributed by atoms with van der Waals surface area (Å²) in [5, 5.41) is 8.24. The zero-order valence-corrected chi connectivity index (χ0v) is 16.5. The fourth-order valence-corrected chi connectivity index (χ4v) is 3.30. The van der Waals surface area contributed by atoms with E-state index in [1.807, 2.05) is 0 Å². The van der Waals surface area contributed by atoms with E-state index in [1.54, 1.807) is 6.92 Å². The molecule has 1 aliphatic heterocycles. The molecule has 0 aromatic heterocycles. The number of carboxylic acid groups (broad SMARTS) is 1. The number of halogens is 1. The average Bonchev–Trinajstić information content (AvgIpc) is 2.88. The highest BCUT2D eigenvalue weighted by Crippen LogP contribution is 2.39. The van der Waals surface area contributed by atoms with Crippen LogP contribution in [0.4, 0.5) is 4.79 Å². The average molecular weight is 430 g/mol. The van der Waals surface area contributed by atoms with Crippen molar-refractivity contribution in [3.8, 4) is 11.5 Å². The Labute approximate surface area is 169 Å². The lowest BCUT2D eigenvalue weighted by Gasteiger charge is -2.14. The number of amides is 2. The van der Waals surface area contributed by atoms with Crippen LogP contribution in [-0.2, 0) is 19.1 Å². The van der Waals surface area contributed by atoms with Crippen molar-refractivity contribution < 1.29 is 38.5 Å². The molecule has 2 rings (SSSR count). The SMILES string of the molecule is CCOc1cc(/C=C2/SC(=O)N(CC(=O)O)C2=O)cc(Cl)c1OCC(=O)OC. The maximum absolute atomic E-state index is 12.2. The Bertz CT molecular complexity index is 854. The van der Waals surface area contributed by atoms with Crippen LogP contribution in [0.3, 0.4) is 0 Å². The number of carbonyl (C=O) groups is 4. The van der Waals surface area contributed by atoms with Gasteiger partial charge >= 0.3 is 11.9 Å². The van der Waals surface area contributed by atoms with Crippen LogP contribution in [0.1, 0.15) is 12.5 Å². The molecule has 0 atom stereocenters. The van der Waals surface area contributed by atoms with E-state index < -0.39 is 29.6 Å². The number of benzene rings is 1. The lowest BCUT2D eigenvalue weighted by molar-refractivity contribution is -0.143. The Morgan fingerprint density at radius 1 is 1.29 bits per heavy atom. The third-order valence-electron chi connectivity index (χ3n) is 3.36. The Balaban J connectivity index is 2.32. The number of imide groups is 1. The smallest absolute Gasteiger partial charge is 0.343 e. The number of hydrogen-bond donors (Lipinski definition) is 1. The van der Waals surface area contributed by atoms with Gasteiger partial charge in [0.1, 0.15) is 6.54 Å². The minimum absolute atomic E-state index is 0.0491. The maximum atomic E-state index is 12.2. The second-order valence-corrected chi connectivity index (χ2v) is 6.69. The Morgan fingerprint density at radius 3 is 2.61 bits per heavy atom. The van der Waals surface area contributed by atoms with E-state index in [0.717, 1.165) is 0 Å². The fraction of sp³-hybridized carbons (Fsp3) is 0.294. The van der Waals surface area contributed by atoms with Crippen LogP contribution in [0, 0.1) is 0 Å². The van der Waals surface area contributed by atoms with Crippen molar-refractivity contribution in [2.24, 2.45) is 0 Å². The summed E-state index contributed by atoms with van der Waals surface area (Å²) in [4.78, 5) is 46.8. The van der Waals surface area contributed by atoms with E-state index >= 15 is 0 Å². The lowest BCUT2D eigenvalue weighted by atomic mass is 10.1. The molecule has 150 valence electrons. The number of thioether (sulfide) groups is 1. The number of carbonyl (C=O) groups excluding carboxylic acids is 3. The van der Waals surface area contributed by atoms with Gasteiger partial charge in [-0.15, -0.1) is 0 Å². The lowest BCUT2D eigenvalue weighted by Crippen LogP contribution is -2.33. The predicted octanol–water partition coefficient (Wildman–Crippen LogP) is 2.41. The molecule has 0 spiro atoms. The van der Waals surface area contributed by atoms with E-state index in [4.69, 9.17) is 26.2 Å². The standard InChI is InChI=1S/C17H16ClNO8S/c1-3-26-11-5-9(4-10(18)15(11)27-8-14(22)25-2)6-12-16(23)19(7-13(20)21)17(24)28-12/h4-6H,3,7-8H2,1-2H3,(H,20,21)/b12-6+. The number of methoxy groups -OCH3 is 1. The topological polar surface area (TPSA) is 119 Å². The normalized spacial score (nSPS) is 15.1. The molecule has 0 bridgehead atoms. The summed E-state index contributed by atoms with van der Waals surface area (Å²) in [7, 11) is 1.22. The second-order valence-electron chi connectivity index (χ2n) is 5.29. The molecular weight excluding hydrogens is 414 g/mol. The van der Waals surface area contributed by atoms with Crippen LogP contribution in [0.25, 0.3) is 6.08 Å². The Hall–Kier alpha value is -2.72. The zero-order chi connectivity index (χ0) is 20.8. The van der Waals surface area contributed by atoms with Gasteiger partial charge in [-0.25, -0.2) is 4.79 Å². The van der Waals surface area contributed by atoms with E-state index in [9.17, 15) is 19.2 Å². The maximum Gasteiger partial charge on any atom is 0.343 e. The molecule has 0 saturated carbocycles. The Kier molecular flexibility index (Phi) is 7.30. The number of carboxylic acids is 1. The molecule has 0 radical (unpaired) electrons.